The number of aliphatic hydroxyl groups is 1. The molecule has 2 aliphatic rings. The summed E-state index contributed by atoms with van der Waals surface area (Å²) < 4.78 is 37.9. The summed E-state index contributed by atoms with van der Waals surface area (Å²) in [6.45, 7) is 0.235. The second-order valence-electron chi connectivity index (χ2n) is 7.19. The Morgan fingerprint density at radius 1 is 1.25 bits per heavy atom. The van der Waals surface area contributed by atoms with E-state index in [1.54, 1.807) is 7.11 Å². The van der Waals surface area contributed by atoms with Gasteiger partial charge >= 0.3 is 0 Å². The van der Waals surface area contributed by atoms with Gasteiger partial charge in [-0.25, -0.2) is 18.2 Å². The molecule has 2 heterocycles. The average Bonchev–Trinajstić information content (AvgIpc) is 2.73. The van der Waals surface area contributed by atoms with Gasteiger partial charge in [0, 0.05) is 19.7 Å². The van der Waals surface area contributed by atoms with Gasteiger partial charge in [-0.3, -0.25) is 10.0 Å². The molecule has 2 atom stereocenters. The summed E-state index contributed by atoms with van der Waals surface area (Å²) in [5.41, 5.74) is 0.160. The fourth-order valence-corrected chi connectivity index (χ4v) is 6.09. The van der Waals surface area contributed by atoms with Crippen LogP contribution in [0, 0.1) is 0 Å². The maximum atomic E-state index is 13.1. The molecule has 28 heavy (non-hydrogen) atoms. The molecule has 1 aromatic rings. The first kappa shape index (κ1) is 21.0. The smallest absolute Gasteiger partial charge is 0.279 e. The Hall–Kier alpha value is -1.72. The molecule has 156 valence electrons. The van der Waals surface area contributed by atoms with Crippen molar-refractivity contribution in [1.82, 2.24) is 9.79 Å². The number of piperidine rings is 1. The van der Waals surface area contributed by atoms with Crippen molar-refractivity contribution in [3.63, 3.8) is 0 Å². The number of benzene rings is 1. The molecule has 3 rings (SSSR count). The summed E-state index contributed by atoms with van der Waals surface area (Å²) in [6.07, 6.45) is 1.25. The molecular formula is C18H26N2O7S. The zero-order valence-electron chi connectivity index (χ0n) is 15.7. The highest BCUT2D eigenvalue weighted by atomic mass is 32.2. The first-order valence-electron chi connectivity index (χ1n) is 9.20. The number of amides is 1. The van der Waals surface area contributed by atoms with Crippen LogP contribution in [0.2, 0.25) is 0 Å². The normalized spacial score (nSPS) is 27.3. The van der Waals surface area contributed by atoms with Crippen LogP contribution in [-0.2, 0) is 19.6 Å². The second-order valence-corrected chi connectivity index (χ2v) is 9.30. The molecule has 10 heteroatoms. The number of carbonyl (C=O) groups is 1. The Morgan fingerprint density at radius 3 is 2.46 bits per heavy atom. The van der Waals surface area contributed by atoms with Crippen molar-refractivity contribution in [3.05, 3.63) is 29.8 Å². The molecule has 1 amide bonds. The predicted molar refractivity (Wildman–Crippen MR) is 99.6 cm³/mol. The van der Waals surface area contributed by atoms with Crippen LogP contribution >= 0.6 is 0 Å². The number of carbonyl (C=O) groups excluding carboxylic acids is 1. The lowest BCUT2D eigenvalue weighted by atomic mass is 9.90. The van der Waals surface area contributed by atoms with Crippen LogP contribution in [0.5, 0.6) is 5.75 Å². The van der Waals surface area contributed by atoms with Crippen LogP contribution in [-0.4, -0.2) is 73.2 Å². The average molecular weight is 414 g/mol. The molecule has 2 unspecified atom stereocenters. The Kier molecular flexibility index (Phi) is 6.25. The molecule has 0 radical (unpaired) electrons. The van der Waals surface area contributed by atoms with Crippen LogP contribution in [0.3, 0.4) is 0 Å². The summed E-state index contributed by atoms with van der Waals surface area (Å²) >= 11 is 0. The minimum Gasteiger partial charge on any atom is -0.497 e. The fourth-order valence-electron chi connectivity index (χ4n) is 3.95. The lowest BCUT2D eigenvalue weighted by molar-refractivity contribution is -0.161. The molecular weight excluding hydrogens is 388 g/mol. The van der Waals surface area contributed by atoms with Crippen molar-refractivity contribution in [2.24, 2.45) is 0 Å². The van der Waals surface area contributed by atoms with Gasteiger partial charge in [-0.15, -0.1) is 0 Å². The highest BCUT2D eigenvalue weighted by Gasteiger charge is 2.54. The number of methoxy groups -OCH3 is 1. The van der Waals surface area contributed by atoms with E-state index >= 15 is 0 Å². The van der Waals surface area contributed by atoms with Gasteiger partial charge in [0.15, 0.2) is 5.60 Å². The molecule has 2 fully saturated rings. The lowest BCUT2D eigenvalue weighted by Crippen LogP contribution is -2.64. The van der Waals surface area contributed by atoms with Gasteiger partial charge in [-0.05, 0) is 42.9 Å². The Balaban J connectivity index is 1.72. The molecule has 0 bridgehead atoms. The van der Waals surface area contributed by atoms with Gasteiger partial charge < -0.3 is 14.6 Å². The van der Waals surface area contributed by atoms with E-state index in [1.165, 1.54) is 9.79 Å². The van der Waals surface area contributed by atoms with Crippen molar-refractivity contribution in [2.75, 3.05) is 33.4 Å². The van der Waals surface area contributed by atoms with E-state index in [4.69, 9.17) is 14.7 Å². The number of hydrogen-bond donors (Lipinski definition) is 3. The molecule has 2 aliphatic heterocycles. The van der Waals surface area contributed by atoms with Crippen molar-refractivity contribution >= 4 is 15.9 Å². The maximum absolute atomic E-state index is 13.1. The standard InChI is InChI=1S/C18H26N2O7S/c1-26-15-4-2-13(3-5-15)14-6-9-20(10-7-14)28(24,25)16-8-11-27-12-18(16,22)17(21)19-23/h2-5,14,16,22-23H,6-12H2,1H3,(H,19,21). The Bertz CT molecular complexity index is 791. The van der Waals surface area contributed by atoms with E-state index in [-0.39, 0.29) is 18.9 Å². The highest BCUT2D eigenvalue weighted by Crippen LogP contribution is 2.34. The van der Waals surface area contributed by atoms with E-state index < -0.39 is 33.4 Å². The molecule has 0 aliphatic carbocycles. The van der Waals surface area contributed by atoms with Crippen LogP contribution in [0.1, 0.15) is 30.7 Å². The third-order valence-electron chi connectivity index (χ3n) is 5.63. The SMILES string of the molecule is COc1ccc(C2CCN(S(=O)(=O)C3CCOCC3(O)C(=O)NO)CC2)cc1. The van der Waals surface area contributed by atoms with Crippen LogP contribution in [0.4, 0.5) is 0 Å². The van der Waals surface area contributed by atoms with Gasteiger partial charge in [-0.1, -0.05) is 12.1 Å². The quantitative estimate of drug-likeness (QED) is 0.465. The number of ether oxygens (including phenoxy) is 2. The van der Waals surface area contributed by atoms with Crippen LogP contribution in [0.15, 0.2) is 24.3 Å². The van der Waals surface area contributed by atoms with E-state index in [0.29, 0.717) is 25.9 Å². The fraction of sp³-hybridized carbons (Fsp3) is 0.611. The van der Waals surface area contributed by atoms with E-state index in [1.807, 2.05) is 24.3 Å². The molecule has 9 nitrogen and oxygen atoms in total. The monoisotopic (exact) mass is 414 g/mol. The highest BCUT2D eigenvalue weighted by molar-refractivity contribution is 7.89. The third kappa shape index (κ3) is 3.87. The number of hydroxylamine groups is 1. The van der Waals surface area contributed by atoms with E-state index in [2.05, 4.69) is 0 Å². The summed E-state index contributed by atoms with van der Waals surface area (Å²) in [7, 11) is -2.35. The van der Waals surface area contributed by atoms with Gasteiger partial charge in [0.1, 0.15) is 11.0 Å². The summed E-state index contributed by atoms with van der Waals surface area (Å²) in [4.78, 5) is 11.9. The minimum atomic E-state index is -3.95. The van der Waals surface area contributed by atoms with Crippen LogP contribution < -0.4 is 10.2 Å². The molecule has 2 saturated heterocycles. The van der Waals surface area contributed by atoms with E-state index in [0.717, 1.165) is 11.3 Å². The summed E-state index contributed by atoms with van der Waals surface area (Å²) in [6, 6.07) is 7.73. The van der Waals surface area contributed by atoms with Crippen molar-refractivity contribution in [2.45, 2.75) is 36.0 Å². The zero-order chi connectivity index (χ0) is 20.4. The number of hydrogen-bond acceptors (Lipinski definition) is 7. The third-order valence-corrected chi connectivity index (χ3v) is 8.06. The largest absolute Gasteiger partial charge is 0.497 e. The van der Waals surface area contributed by atoms with Gasteiger partial charge in [0.2, 0.25) is 10.0 Å². The topological polar surface area (TPSA) is 125 Å². The molecule has 0 aromatic heterocycles. The molecule has 1 aromatic carbocycles. The Labute approximate surface area is 164 Å². The zero-order valence-corrected chi connectivity index (χ0v) is 16.5. The van der Waals surface area contributed by atoms with Gasteiger partial charge in [0.25, 0.3) is 5.91 Å². The van der Waals surface area contributed by atoms with Crippen LogP contribution in [0.25, 0.3) is 0 Å². The van der Waals surface area contributed by atoms with Crippen molar-refractivity contribution < 1.29 is 33.0 Å². The molecule has 0 saturated carbocycles. The lowest BCUT2D eigenvalue weighted by Gasteiger charge is -2.41. The summed E-state index contributed by atoms with van der Waals surface area (Å²) in [5, 5.41) is 18.2. The number of sulfonamides is 1. The van der Waals surface area contributed by atoms with Crippen molar-refractivity contribution in [1.29, 1.82) is 0 Å². The predicted octanol–water partition coefficient (Wildman–Crippen LogP) is 0.230. The first-order chi connectivity index (χ1) is 13.3. The second kappa shape index (κ2) is 8.34. The summed E-state index contributed by atoms with van der Waals surface area (Å²) in [5.74, 6) is -0.176. The first-order valence-corrected chi connectivity index (χ1v) is 10.7. The molecule has 0 spiro atoms. The van der Waals surface area contributed by atoms with Crippen molar-refractivity contribution in [3.8, 4) is 5.75 Å². The van der Waals surface area contributed by atoms with E-state index in [9.17, 15) is 18.3 Å². The van der Waals surface area contributed by atoms with Gasteiger partial charge in [-0.2, -0.15) is 0 Å². The van der Waals surface area contributed by atoms with Gasteiger partial charge in [0.05, 0.1) is 13.7 Å². The number of nitrogens with one attached hydrogen (secondary N) is 1. The minimum absolute atomic E-state index is 0.0232. The molecule has 3 N–H and O–H groups in total. The number of rotatable bonds is 5. The number of nitrogens with zero attached hydrogens (tertiary/aromatic N) is 1. The maximum Gasteiger partial charge on any atom is 0.279 e. The Morgan fingerprint density at radius 2 is 1.89 bits per heavy atom.